The summed E-state index contributed by atoms with van der Waals surface area (Å²) in [5, 5.41) is 8.94. The highest BCUT2D eigenvalue weighted by Gasteiger charge is 2.37. The highest BCUT2D eigenvalue weighted by Crippen LogP contribution is 2.37. The fourth-order valence-electron chi connectivity index (χ4n) is 1.75. The number of carboxylic acid groups (broad SMARTS) is 1. The quantitative estimate of drug-likeness (QED) is 0.902. The molecule has 0 aliphatic rings. The Bertz CT molecular complexity index is 565. The molecule has 0 heterocycles. The van der Waals surface area contributed by atoms with E-state index < -0.39 is 17.5 Å². The molecule has 2 aromatic rings. The van der Waals surface area contributed by atoms with E-state index in [1.54, 1.807) is 6.07 Å². The topological polar surface area (TPSA) is 37.3 Å². The minimum atomic E-state index is -3.32. The van der Waals surface area contributed by atoms with Gasteiger partial charge in [0.2, 0.25) is 0 Å². The predicted molar refractivity (Wildman–Crippen MR) is 62.8 cm³/mol. The van der Waals surface area contributed by atoms with E-state index in [2.05, 4.69) is 0 Å². The highest BCUT2D eigenvalue weighted by atomic mass is 19.3. The van der Waals surface area contributed by atoms with Gasteiger partial charge in [-0.05, 0) is 6.07 Å². The van der Waals surface area contributed by atoms with Crippen molar-refractivity contribution < 1.29 is 18.7 Å². The summed E-state index contributed by atoms with van der Waals surface area (Å²) in [6.45, 7) is 0. The summed E-state index contributed by atoms with van der Waals surface area (Å²) in [5.74, 6) is -4.68. The van der Waals surface area contributed by atoms with Crippen LogP contribution < -0.4 is 0 Å². The Balaban J connectivity index is 2.58. The first kappa shape index (κ1) is 12.2. The summed E-state index contributed by atoms with van der Waals surface area (Å²) >= 11 is 0. The molecule has 0 aromatic heterocycles. The predicted octanol–water partition coefficient (Wildman–Crippen LogP) is 3.52. The molecule has 0 atom stereocenters. The Kier molecular flexibility index (Phi) is 3.10. The van der Waals surface area contributed by atoms with Crippen LogP contribution in [-0.4, -0.2) is 11.1 Å². The van der Waals surface area contributed by atoms with Crippen molar-refractivity contribution in [1.29, 1.82) is 0 Å². The number of halogens is 2. The van der Waals surface area contributed by atoms with E-state index in [0.29, 0.717) is 0 Å². The first-order valence-corrected chi connectivity index (χ1v) is 5.29. The van der Waals surface area contributed by atoms with E-state index in [-0.39, 0.29) is 11.1 Å². The van der Waals surface area contributed by atoms with Crippen molar-refractivity contribution in [2.45, 2.75) is 5.92 Å². The third-order valence-electron chi connectivity index (χ3n) is 2.63. The summed E-state index contributed by atoms with van der Waals surface area (Å²) in [4.78, 5) is 11.0. The van der Waals surface area contributed by atoms with Crippen molar-refractivity contribution >= 4 is 5.97 Å². The van der Waals surface area contributed by atoms with Gasteiger partial charge in [-0.1, -0.05) is 48.5 Å². The maximum atomic E-state index is 14.2. The van der Waals surface area contributed by atoms with Gasteiger partial charge in [-0.2, -0.15) is 8.78 Å². The van der Waals surface area contributed by atoms with Gasteiger partial charge in [0, 0.05) is 11.1 Å². The van der Waals surface area contributed by atoms with E-state index in [4.69, 9.17) is 5.11 Å². The van der Waals surface area contributed by atoms with Gasteiger partial charge >= 0.3 is 5.97 Å². The molecule has 0 fully saturated rings. The molecule has 0 amide bonds. The fraction of sp³-hybridized carbons (Fsp3) is 0.0714. The number of alkyl halides is 2. The molecule has 1 N–H and O–H groups in total. The molecule has 0 bridgehead atoms. The maximum absolute atomic E-state index is 14.2. The van der Waals surface area contributed by atoms with E-state index in [1.807, 2.05) is 0 Å². The molecule has 92 valence electrons. The average molecular weight is 248 g/mol. The van der Waals surface area contributed by atoms with Gasteiger partial charge in [0.25, 0.3) is 5.92 Å². The average Bonchev–Trinajstić information content (AvgIpc) is 2.39. The van der Waals surface area contributed by atoms with Gasteiger partial charge in [0.15, 0.2) is 0 Å². The van der Waals surface area contributed by atoms with Crippen molar-refractivity contribution in [2.24, 2.45) is 0 Å². The first-order valence-electron chi connectivity index (χ1n) is 5.29. The van der Waals surface area contributed by atoms with Crippen LogP contribution in [0.15, 0.2) is 54.6 Å². The number of carboxylic acids is 1. The summed E-state index contributed by atoms with van der Waals surface area (Å²) in [7, 11) is 0. The largest absolute Gasteiger partial charge is 0.478 e. The summed E-state index contributed by atoms with van der Waals surface area (Å²) in [5.41, 5.74) is -1.10. The zero-order chi connectivity index (χ0) is 13.2. The van der Waals surface area contributed by atoms with Crippen molar-refractivity contribution in [1.82, 2.24) is 0 Å². The van der Waals surface area contributed by atoms with Gasteiger partial charge in [0.05, 0.1) is 5.56 Å². The lowest BCUT2D eigenvalue weighted by Gasteiger charge is -2.18. The van der Waals surface area contributed by atoms with E-state index >= 15 is 0 Å². The summed E-state index contributed by atoms with van der Waals surface area (Å²) in [6, 6.07) is 12.3. The SMILES string of the molecule is O=C(O)c1ccccc1C(F)(F)c1ccccc1. The molecule has 18 heavy (non-hydrogen) atoms. The molecule has 2 nitrogen and oxygen atoms in total. The molecule has 0 aliphatic carbocycles. The number of carbonyl (C=O) groups is 1. The highest BCUT2D eigenvalue weighted by molar-refractivity contribution is 5.89. The standard InChI is InChI=1S/C14H10F2O2/c15-14(16,10-6-2-1-3-7-10)12-9-5-4-8-11(12)13(17)18/h1-9H,(H,17,18). The Morgan fingerprint density at radius 1 is 0.944 bits per heavy atom. The molecule has 2 rings (SSSR count). The Morgan fingerprint density at radius 2 is 1.50 bits per heavy atom. The van der Waals surface area contributed by atoms with Crippen molar-refractivity contribution in [3.63, 3.8) is 0 Å². The van der Waals surface area contributed by atoms with Crippen LogP contribution >= 0.6 is 0 Å². The lowest BCUT2D eigenvalue weighted by atomic mass is 9.96. The summed E-state index contributed by atoms with van der Waals surface area (Å²) in [6.07, 6.45) is 0. The molecule has 0 saturated carbocycles. The van der Waals surface area contributed by atoms with Gasteiger partial charge in [-0.15, -0.1) is 0 Å². The second-order valence-corrected chi connectivity index (χ2v) is 3.79. The van der Waals surface area contributed by atoms with Crippen molar-refractivity contribution in [3.05, 3.63) is 71.3 Å². The molecular formula is C14H10F2O2. The Labute approximate surface area is 103 Å². The smallest absolute Gasteiger partial charge is 0.336 e. The van der Waals surface area contributed by atoms with Gasteiger partial charge in [-0.25, -0.2) is 4.79 Å². The molecule has 0 saturated heterocycles. The van der Waals surface area contributed by atoms with Crippen LogP contribution in [0.1, 0.15) is 21.5 Å². The Morgan fingerprint density at radius 3 is 2.11 bits per heavy atom. The van der Waals surface area contributed by atoms with Crippen LogP contribution in [0, 0.1) is 0 Å². The molecule has 0 spiro atoms. The monoisotopic (exact) mass is 248 g/mol. The minimum Gasteiger partial charge on any atom is -0.478 e. The minimum absolute atomic E-state index is 0.223. The second kappa shape index (κ2) is 4.56. The fourth-order valence-corrected chi connectivity index (χ4v) is 1.75. The molecule has 0 aliphatic heterocycles. The van der Waals surface area contributed by atoms with Gasteiger partial charge in [0.1, 0.15) is 0 Å². The third-order valence-corrected chi connectivity index (χ3v) is 2.63. The van der Waals surface area contributed by atoms with Crippen LogP contribution in [0.5, 0.6) is 0 Å². The number of hydrogen-bond acceptors (Lipinski definition) is 1. The first-order chi connectivity index (χ1) is 8.53. The third kappa shape index (κ3) is 2.09. The number of rotatable bonds is 3. The molecular weight excluding hydrogens is 238 g/mol. The van der Waals surface area contributed by atoms with Gasteiger partial charge < -0.3 is 5.11 Å². The summed E-state index contributed by atoms with van der Waals surface area (Å²) < 4.78 is 28.5. The van der Waals surface area contributed by atoms with E-state index in [1.165, 1.54) is 42.5 Å². The zero-order valence-corrected chi connectivity index (χ0v) is 9.31. The number of benzene rings is 2. The molecule has 0 radical (unpaired) electrons. The van der Waals surface area contributed by atoms with Gasteiger partial charge in [-0.3, -0.25) is 0 Å². The normalized spacial score (nSPS) is 11.2. The number of aromatic carboxylic acids is 1. The number of hydrogen-bond donors (Lipinski definition) is 1. The molecule has 2 aromatic carbocycles. The van der Waals surface area contributed by atoms with Crippen LogP contribution in [-0.2, 0) is 5.92 Å². The molecule has 0 unspecified atom stereocenters. The lowest BCUT2D eigenvalue weighted by Crippen LogP contribution is -2.19. The van der Waals surface area contributed by atoms with Crippen molar-refractivity contribution in [2.75, 3.05) is 0 Å². The maximum Gasteiger partial charge on any atom is 0.336 e. The van der Waals surface area contributed by atoms with E-state index in [0.717, 1.165) is 6.07 Å². The second-order valence-electron chi connectivity index (χ2n) is 3.79. The van der Waals surface area contributed by atoms with Crippen molar-refractivity contribution in [3.8, 4) is 0 Å². The Hall–Kier alpha value is -2.23. The van der Waals surface area contributed by atoms with Crippen LogP contribution in [0.3, 0.4) is 0 Å². The van der Waals surface area contributed by atoms with Crippen LogP contribution in [0.2, 0.25) is 0 Å². The van der Waals surface area contributed by atoms with Crippen LogP contribution in [0.25, 0.3) is 0 Å². The van der Waals surface area contributed by atoms with Crippen LogP contribution in [0.4, 0.5) is 8.78 Å². The molecule has 4 heteroatoms. The lowest BCUT2D eigenvalue weighted by molar-refractivity contribution is 0.0392. The van der Waals surface area contributed by atoms with E-state index in [9.17, 15) is 13.6 Å². The zero-order valence-electron chi connectivity index (χ0n) is 9.31.